The molecule has 0 saturated heterocycles. The number of para-hydroxylation sites is 1. The molecule has 0 amide bonds. The van der Waals surface area contributed by atoms with Gasteiger partial charge in [-0.3, -0.25) is 4.98 Å². The molecule has 0 fully saturated rings. The minimum atomic E-state index is 0.288. The molecule has 0 unspecified atom stereocenters. The van der Waals surface area contributed by atoms with Crippen molar-refractivity contribution >= 4 is 10.9 Å². The summed E-state index contributed by atoms with van der Waals surface area (Å²) in [5.41, 5.74) is 0.826. The maximum absolute atomic E-state index is 9.33. The molecule has 0 aliphatic heterocycles. The molecule has 2 aromatic rings. The van der Waals surface area contributed by atoms with Crippen molar-refractivity contribution in [2.45, 2.75) is 0 Å². The Hall–Kier alpha value is -2.49. The van der Waals surface area contributed by atoms with Gasteiger partial charge in [-0.25, -0.2) is 0 Å². The second-order valence-corrected chi connectivity index (χ2v) is 3.25. The van der Waals surface area contributed by atoms with Crippen molar-refractivity contribution < 1.29 is 9.84 Å². The first-order chi connectivity index (χ1) is 8.79. The highest BCUT2D eigenvalue weighted by Gasteiger charge is 1.95. The van der Waals surface area contributed by atoms with E-state index >= 15 is 0 Å². The molecular formula is C15H13NO2. The summed E-state index contributed by atoms with van der Waals surface area (Å²) in [6.07, 6.45) is 11.2. The fourth-order valence-corrected chi connectivity index (χ4v) is 1.25. The molecule has 0 aliphatic carbocycles. The normalized spacial score (nSPS) is 8.78. The highest BCUT2D eigenvalue weighted by molar-refractivity contribution is 5.84. The summed E-state index contributed by atoms with van der Waals surface area (Å²) in [4.78, 5) is 4.08. The Balaban J connectivity index is 0.000000203. The Morgan fingerprint density at radius 1 is 1.11 bits per heavy atom. The summed E-state index contributed by atoms with van der Waals surface area (Å²) in [6.45, 7) is 0.619. The molecule has 1 heterocycles. The zero-order chi connectivity index (χ0) is 13.2. The van der Waals surface area contributed by atoms with E-state index in [0.717, 1.165) is 10.9 Å². The zero-order valence-corrected chi connectivity index (χ0v) is 9.84. The van der Waals surface area contributed by atoms with Crippen LogP contribution in [0.1, 0.15) is 0 Å². The number of nitrogens with zero attached hydrogens (tertiary/aromatic N) is 1. The summed E-state index contributed by atoms with van der Waals surface area (Å²) in [6, 6.07) is 9.08. The van der Waals surface area contributed by atoms with E-state index in [9.17, 15) is 5.11 Å². The summed E-state index contributed by atoms with van der Waals surface area (Å²) < 4.78 is 4.66. The Labute approximate surface area is 106 Å². The quantitative estimate of drug-likeness (QED) is 0.645. The van der Waals surface area contributed by atoms with Crippen LogP contribution in [0.4, 0.5) is 0 Å². The van der Waals surface area contributed by atoms with Crippen molar-refractivity contribution in [2.75, 3.05) is 13.2 Å². The fraction of sp³-hybridized carbons (Fsp3) is 0.133. The summed E-state index contributed by atoms with van der Waals surface area (Å²) >= 11 is 0. The van der Waals surface area contributed by atoms with E-state index in [1.165, 1.54) is 0 Å². The van der Waals surface area contributed by atoms with E-state index in [1.807, 2.05) is 24.3 Å². The van der Waals surface area contributed by atoms with Gasteiger partial charge in [0.05, 0.1) is 5.52 Å². The average Bonchev–Trinajstić information content (AvgIpc) is 2.41. The molecule has 0 aliphatic rings. The van der Waals surface area contributed by atoms with Crippen LogP contribution in [0.15, 0.2) is 36.5 Å². The lowest BCUT2D eigenvalue weighted by molar-refractivity contribution is 0.205. The van der Waals surface area contributed by atoms with Gasteiger partial charge in [-0.05, 0) is 18.2 Å². The summed E-state index contributed by atoms with van der Waals surface area (Å²) in [5, 5.41) is 10.1. The molecule has 0 saturated carbocycles. The number of ether oxygens (including phenoxy) is 1. The number of aromatic hydroxyl groups is 1. The van der Waals surface area contributed by atoms with Gasteiger partial charge >= 0.3 is 0 Å². The number of benzene rings is 1. The van der Waals surface area contributed by atoms with Crippen LogP contribution in [-0.2, 0) is 4.74 Å². The van der Waals surface area contributed by atoms with Crippen LogP contribution < -0.4 is 0 Å². The maximum Gasteiger partial charge on any atom is 0.126 e. The Kier molecular flexibility index (Phi) is 5.83. The molecule has 3 nitrogen and oxygen atoms in total. The first kappa shape index (κ1) is 13.6. The lowest BCUT2D eigenvalue weighted by Crippen LogP contribution is -1.89. The second-order valence-electron chi connectivity index (χ2n) is 3.25. The molecule has 1 aromatic carbocycles. The minimum absolute atomic E-state index is 0.288. The molecule has 3 heteroatoms. The van der Waals surface area contributed by atoms with Crippen LogP contribution in [0.2, 0.25) is 0 Å². The number of pyridine rings is 1. The first-order valence-electron chi connectivity index (χ1n) is 5.27. The molecule has 0 spiro atoms. The number of hydrogen-bond donors (Lipinski definition) is 1. The molecule has 90 valence electrons. The lowest BCUT2D eigenvalue weighted by Gasteiger charge is -1.96. The number of fused-ring (bicyclic) bond motifs is 1. The molecule has 0 bridgehead atoms. The van der Waals surface area contributed by atoms with E-state index in [-0.39, 0.29) is 5.75 Å². The van der Waals surface area contributed by atoms with E-state index in [2.05, 4.69) is 21.6 Å². The van der Waals surface area contributed by atoms with Crippen molar-refractivity contribution in [1.82, 2.24) is 4.98 Å². The molecule has 1 N–H and O–H groups in total. The molecule has 0 atom stereocenters. The van der Waals surface area contributed by atoms with Crippen molar-refractivity contribution in [1.29, 1.82) is 0 Å². The van der Waals surface area contributed by atoms with Crippen LogP contribution in [0.25, 0.3) is 10.9 Å². The first-order valence-corrected chi connectivity index (χ1v) is 5.27. The summed E-state index contributed by atoms with van der Waals surface area (Å²) in [5.74, 6) is 4.86. The van der Waals surface area contributed by atoms with Gasteiger partial charge in [-0.15, -0.1) is 12.8 Å². The molecule has 2 rings (SSSR count). The molecule has 1 aromatic heterocycles. The third kappa shape index (κ3) is 4.17. The number of hydrogen-bond acceptors (Lipinski definition) is 3. The van der Waals surface area contributed by atoms with Gasteiger partial charge in [0.25, 0.3) is 0 Å². The van der Waals surface area contributed by atoms with Gasteiger partial charge < -0.3 is 9.84 Å². The van der Waals surface area contributed by atoms with E-state index in [0.29, 0.717) is 13.2 Å². The topological polar surface area (TPSA) is 42.4 Å². The van der Waals surface area contributed by atoms with Crippen LogP contribution in [0.3, 0.4) is 0 Å². The lowest BCUT2D eigenvalue weighted by atomic mass is 10.2. The Bertz CT molecular complexity index is 560. The molecule has 18 heavy (non-hydrogen) atoms. The van der Waals surface area contributed by atoms with Crippen molar-refractivity contribution in [3.05, 3.63) is 36.5 Å². The van der Waals surface area contributed by atoms with E-state index < -0.39 is 0 Å². The highest BCUT2D eigenvalue weighted by Crippen LogP contribution is 2.20. The predicted octanol–water partition coefficient (Wildman–Crippen LogP) is 2.21. The zero-order valence-electron chi connectivity index (χ0n) is 9.84. The van der Waals surface area contributed by atoms with Gasteiger partial charge in [0.15, 0.2) is 0 Å². The third-order valence-electron chi connectivity index (χ3n) is 2.00. The monoisotopic (exact) mass is 239 g/mol. The largest absolute Gasteiger partial charge is 0.507 e. The maximum atomic E-state index is 9.33. The van der Waals surface area contributed by atoms with Crippen LogP contribution >= 0.6 is 0 Å². The van der Waals surface area contributed by atoms with Crippen LogP contribution in [-0.4, -0.2) is 23.3 Å². The predicted molar refractivity (Wildman–Crippen MR) is 71.9 cm³/mol. The van der Waals surface area contributed by atoms with Crippen molar-refractivity contribution in [3.63, 3.8) is 0 Å². The van der Waals surface area contributed by atoms with Crippen molar-refractivity contribution in [3.8, 4) is 30.4 Å². The number of aromatic nitrogens is 1. The van der Waals surface area contributed by atoms with Gasteiger partial charge in [0.1, 0.15) is 19.0 Å². The fourth-order valence-electron chi connectivity index (χ4n) is 1.25. The molecule has 0 radical (unpaired) electrons. The summed E-state index contributed by atoms with van der Waals surface area (Å²) in [7, 11) is 0. The Morgan fingerprint density at radius 2 is 1.78 bits per heavy atom. The standard InChI is InChI=1S/C9H7NO.C6H6O/c11-9-5-6-10-8-4-2-1-3-7(8)9;1-3-5-7-6-4-2/h1-6H,(H,10,11);1-2H,5-6H2. The van der Waals surface area contributed by atoms with Gasteiger partial charge in [0.2, 0.25) is 0 Å². The van der Waals surface area contributed by atoms with E-state index in [4.69, 9.17) is 12.8 Å². The van der Waals surface area contributed by atoms with Gasteiger partial charge in [-0.2, -0.15) is 0 Å². The number of rotatable bonds is 2. The van der Waals surface area contributed by atoms with Gasteiger partial charge in [-0.1, -0.05) is 24.0 Å². The Morgan fingerprint density at radius 3 is 2.39 bits per heavy atom. The SMILES string of the molecule is C#CCOCC#C.Oc1ccnc2ccccc12. The molecular weight excluding hydrogens is 226 g/mol. The van der Waals surface area contributed by atoms with E-state index in [1.54, 1.807) is 12.3 Å². The highest BCUT2D eigenvalue weighted by atomic mass is 16.5. The average molecular weight is 239 g/mol. The van der Waals surface area contributed by atoms with Crippen LogP contribution in [0, 0.1) is 24.7 Å². The van der Waals surface area contributed by atoms with Crippen LogP contribution in [0.5, 0.6) is 5.75 Å². The smallest absolute Gasteiger partial charge is 0.126 e. The number of terminal acetylenes is 2. The minimum Gasteiger partial charge on any atom is -0.507 e. The van der Waals surface area contributed by atoms with Crippen molar-refractivity contribution in [2.24, 2.45) is 0 Å². The second kappa shape index (κ2) is 7.73. The third-order valence-corrected chi connectivity index (χ3v) is 2.00. The van der Waals surface area contributed by atoms with Gasteiger partial charge in [0, 0.05) is 11.6 Å².